The van der Waals surface area contributed by atoms with Gasteiger partial charge in [0.2, 0.25) is 0 Å². The van der Waals surface area contributed by atoms with Gasteiger partial charge in [-0.2, -0.15) is 13.2 Å². The Hall–Kier alpha value is -2.70. The van der Waals surface area contributed by atoms with Crippen molar-refractivity contribution in [1.82, 2.24) is 4.90 Å². The Morgan fingerprint density at radius 3 is 2.59 bits per heavy atom. The number of hydrogen-bond acceptors (Lipinski definition) is 2. The Bertz CT molecular complexity index is 852. The maximum absolute atomic E-state index is 13.3. The summed E-state index contributed by atoms with van der Waals surface area (Å²) in [6.45, 7) is 1.95. The molecule has 27 heavy (non-hydrogen) atoms. The monoisotopic (exact) mass is 375 g/mol. The number of nitrogens with one attached hydrogen (secondary N) is 1. The second-order valence-electron chi connectivity index (χ2n) is 6.89. The lowest BCUT2D eigenvalue weighted by Gasteiger charge is -2.33. The molecule has 1 atom stereocenters. The van der Waals surface area contributed by atoms with Crippen LogP contribution in [0.3, 0.4) is 0 Å². The van der Waals surface area contributed by atoms with E-state index in [2.05, 4.69) is 5.32 Å². The number of amides is 2. The van der Waals surface area contributed by atoms with Crippen molar-refractivity contribution in [3.63, 3.8) is 0 Å². The van der Waals surface area contributed by atoms with Crippen LogP contribution in [0, 0.1) is 0 Å². The maximum Gasteiger partial charge on any atom is 0.416 e. The van der Waals surface area contributed by atoms with Gasteiger partial charge in [-0.15, -0.1) is 0 Å². The van der Waals surface area contributed by atoms with Crippen LogP contribution in [0.5, 0.6) is 0 Å². The third kappa shape index (κ3) is 3.34. The van der Waals surface area contributed by atoms with Crippen LogP contribution in [0.4, 0.5) is 29.3 Å². The summed E-state index contributed by atoms with van der Waals surface area (Å²) < 4.78 is 40.0. The zero-order valence-corrected chi connectivity index (χ0v) is 14.7. The first kappa shape index (κ1) is 17.7. The molecule has 2 aromatic carbocycles. The summed E-state index contributed by atoms with van der Waals surface area (Å²) in [7, 11) is 0. The molecule has 2 aromatic rings. The number of halogens is 3. The molecule has 2 heterocycles. The molecule has 0 saturated carbocycles. The Morgan fingerprint density at radius 2 is 1.78 bits per heavy atom. The Balaban J connectivity index is 1.54. The molecule has 0 aliphatic carbocycles. The summed E-state index contributed by atoms with van der Waals surface area (Å²) in [5.74, 6) is -0.301. The van der Waals surface area contributed by atoms with E-state index in [0.29, 0.717) is 32.6 Å². The van der Waals surface area contributed by atoms with Gasteiger partial charge in [0.15, 0.2) is 0 Å². The van der Waals surface area contributed by atoms with Crippen LogP contribution < -0.4 is 10.2 Å². The molecular formula is C20H20F3N3O. The van der Waals surface area contributed by atoms with Crippen LogP contribution in [-0.2, 0) is 6.18 Å². The van der Waals surface area contributed by atoms with Gasteiger partial charge in [0.1, 0.15) is 0 Å². The normalized spacial score (nSPS) is 19.6. The molecule has 0 radical (unpaired) electrons. The SMILES string of the molecule is O=C(N1CCC(c2ccccc2C(F)(F)F)C1)N1CCNc2ccccc21. The highest BCUT2D eigenvalue weighted by molar-refractivity contribution is 5.96. The second-order valence-corrected chi connectivity index (χ2v) is 6.89. The number of para-hydroxylation sites is 2. The summed E-state index contributed by atoms with van der Waals surface area (Å²) >= 11 is 0. The fourth-order valence-corrected chi connectivity index (χ4v) is 3.95. The van der Waals surface area contributed by atoms with Gasteiger partial charge in [-0.1, -0.05) is 30.3 Å². The van der Waals surface area contributed by atoms with E-state index in [0.717, 1.165) is 17.4 Å². The van der Waals surface area contributed by atoms with Crippen molar-refractivity contribution in [3.8, 4) is 0 Å². The lowest BCUT2D eigenvalue weighted by atomic mass is 9.93. The molecule has 1 saturated heterocycles. The minimum Gasteiger partial charge on any atom is -0.382 e. The van der Waals surface area contributed by atoms with Crippen molar-refractivity contribution in [2.75, 3.05) is 36.4 Å². The van der Waals surface area contributed by atoms with E-state index in [1.54, 1.807) is 15.9 Å². The molecule has 1 unspecified atom stereocenters. The summed E-state index contributed by atoms with van der Waals surface area (Å²) in [6.07, 6.45) is -3.85. The molecule has 2 aliphatic rings. The van der Waals surface area contributed by atoms with Crippen molar-refractivity contribution in [3.05, 3.63) is 59.7 Å². The third-order valence-electron chi connectivity index (χ3n) is 5.24. The van der Waals surface area contributed by atoms with Crippen LogP contribution in [-0.4, -0.2) is 37.1 Å². The van der Waals surface area contributed by atoms with E-state index < -0.39 is 11.7 Å². The van der Waals surface area contributed by atoms with Crippen LogP contribution in [0.1, 0.15) is 23.5 Å². The molecule has 0 spiro atoms. The number of carbonyl (C=O) groups is 1. The maximum atomic E-state index is 13.3. The van der Waals surface area contributed by atoms with Gasteiger partial charge in [0.25, 0.3) is 0 Å². The standard InChI is InChI=1S/C20H20F3N3O/c21-20(22,23)16-6-2-1-5-15(16)14-9-11-25(13-14)19(27)26-12-10-24-17-7-3-4-8-18(17)26/h1-8,14,24H,9-13H2. The van der Waals surface area contributed by atoms with Crippen molar-refractivity contribution in [1.29, 1.82) is 0 Å². The molecule has 0 bridgehead atoms. The number of fused-ring (bicyclic) bond motifs is 1. The average Bonchev–Trinajstić information content (AvgIpc) is 3.16. The Kier molecular flexibility index (Phi) is 4.45. The number of benzene rings is 2. The van der Waals surface area contributed by atoms with Crippen molar-refractivity contribution >= 4 is 17.4 Å². The zero-order chi connectivity index (χ0) is 19.0. The molecule has 2 aliphatic heterocycles. The second kappa shape index (κ2) is 6.79. The van der Waals surface area contributed by atoms with E-state index in [4.69, 9.17) is 0 Å². The molecule has 0 aromatic heterocycles. The van der Waals surface area contributed by atoms with Crippen LogP contribution in [0.25, 0.3) is 0 Å². The first-order valence-electron chi connectivity index (χ1n) is 9.00. The highest BCUT2D eigenvalue weighted by atomic mass is 19.4. The van der Waals surface area contributed by atoms with Gasteiger partial charge in [-0.05, 0) is 30.2 Å². The highest BCUT2D eigenvalue weighted by Crippen LogP contribution is 2.39. The topological polar surface area (TPSA) is 35.6 Å². The fourth-order valence-electron chi connectivity index (χ4n) is 3.95. The van der Waals surface area contributed by atoms with Crippen LogP contribution in [0.15, 0.2) is 48.5 Å². The summed E-state index contributed by atoms with van der Waals surface area (Å²) in [5, 5.41) is 3.26. The summed E-state index contributed by atoms with van der Waals surface area (Å²) in [4.78, 5) is 16.4. The number of nitrogens with zero attached hydrogens (tertiary/aromatic N) is 2. The molecule has 4 rings (SSSR count). The molecule has 2 amide bonds. The minimum absolute atomic E-state index is 0.143. The predicted molar refractivity (Wildman–Crippen MR) is 98.0 cm³/mol. The van der Waals surface area contributed by atoms with Gasteiger partial charge >= 0.3 is 12.2 Å². The molecule has 4 nitrogen and oxygen atoms in total. The number of rotatable bonds is 1. The van der Waals surface area contributed by atoms with E-state index in [-0.39, 0.29) is 17.5 Å². The lowest BCUT2D eigenvalue weighted by Crippen LogP contribution is -2.46. The van der Waals surface area contributed by atoms with E-state index in [1.807, 2.05) is 24.3 Å². The molecule has 1 fully saturated rings. The van der Waals surface area contributed by atoms with E-state index >= 15 is 0 Å². The van der Waals surface area contributed by atoms with E-state index in [9.17, 15) is 18.0 Å². The summed E-state index contributed by atoms with van der Waals surface area (Å²) in [5.41, 5.74) is 1.39. The first-order valence-corrected chi connectivity index (χ1v) is 9.00. The minimum atomic E-state index is -4.38. The van der Waals surface area contributed by atoms with Crippen LogP contribution in [0.2, 0.25) is 0 Å². The molecular weight excluding hydrogens is 355 g/mol. The number of likely N-dealkylation sites (tertiary alicyclic amines) is 1. The zero-order valence-electron chi connectivity index (χ0n) is 14.7. The van der Waals surface area contributed by atoms with Crippen molar-refractivity contribution in [2.45, 2.75) is 18.5 Å². The number of carbonyl (C=O) groups excluding carboxylic acids is 1. The highest BCUT2D eigenvalue weighted by Gasteiger charge is 2.38. The van der Waals surface area contributed by atoms with Gasteiger partial charge in [0, 0.05) is 32.1 Å². The number of alkyl halides is 3. The van der Waals surface area contributed by atoms with Crippen molar-refractivity contribution in [2.24, 2.45) is 0 Å². The smallest absolute Gasteiger partial charge is 0.382 e. The quantitative estimate of drug-likeness (QED) is 0.794. The Morgan fingerprint density at radius 1 is 1.04 bits per heavy atom. The van der Waals surface area contributed by atoms with Gasteiger partial charge in [-0.25, -0.2) is 4.79 Å². The van der Waals surface area contributed by atoms with E-state index in [1.165, 1.54) is 12.1 Å². The van der Waals surface area contributed by atoms with Crippen molar-refractivity contribution < 1.29 is 18.0 Å². The van der Waals surface area contributed by atoms with Gasteiger partial charge in [-0.3, -0.25) is 4.90 Å². The first-order chi connectivity index (χ1) is 12.9. The molecule has 142 valence electrons. The van der Waals surface area contributed by atoms with Gasteiger partial charge < -0.3 is 10.2 Å². The molecule has 1 N–H and O–H groups in total. The summed E-state index contributed by atoms with van der Waals surface area (Å²) in [6, 6.07) is 13.1. The van der Waals surface area contributed by atoms with Gasteiger partial charge in [0.05, 0.1) is 16.9 Å². The lowest BCUT2D eigenvalue weighted by molar-refractivity contribution is -0.138. The van der Waals surface area contributed by atoms with Crippen LogP contribution >= 0.6 is 0 Å². The number of anilines is 2. The molecule has 7 heteroatoms. The third-order valence-corrected chi connectivity index (χ3v) is 5.24. The number of urea groups is 1. The largest absolute Gasteiger partial charge is 0.416 e. The fraction of sp³-hybridized carbons (Fsp3) is 0.350. The number of hydrogen-bond donors (Lipinski definition) is 1. The Labute approximate surface area is 155 Å². The predicted octanol–water partition coefficient (Wildman–Crippen LogP) is 4.55. The average molecular weight is 375 g/mol.